The van der Waals surface area contributed by atoms with E-state index in [4.69, 9.17) is 4.74 Å². The van der Waals surface area contributed by atoms with Crippen molar-refractivity contribution in [1.29, 1.82) is 0 Å². The second-order valence-electron chi connectivity index (χ2n) is 2.17. The molecule has 0 saturated carbocycles. The van der Waals surface area contributed by atoms with Gasteiger partial charge in [0.15, 0.2) is 0 Å². The largest absolute Gasteiger partial charge is 0.772 e. The van der Waals surface area contributed by atoms with E-state index in [1.807, 2.05) is 18.2 Å². The molecule has 0 saturated heterocycles. The lowest BCUT2D eigenvalue weighted by molar-refractivity contribution is 0.339. The predicted molar refractivity (Wildman–Crippen MR) is 45.7 cm³/mol. The summed E-state index contributed by atoms with van der Waals surface area (Å²) in [6, 6.07) is 9.12. The Bertz CT molecular complexity index is 248. The lowest BCUT2D eigenvalue weighted by Gasteiger charge is -2.06. The third-order valence-electron chi connectivity index (χ3n) is 1.26. The molecule has 1 rings (SSSR count). The number of hydrogen-bond acceptors (Lipinski definition) is 3. The predicted octanol–water partition coefficient (Wildman–Crippen LogP) is 0.945. The van der Waals surface area contributed by atoms with Gasteiger partial charge in [-0.2, -0.15) is 0 Å². The molecule has 0 aliphatic rings. The van der Waals surface area contributed by atoms with Gasteiger partial charge in [-0.05, 0) is 12.1 Å². The minimum atomic E-state index is -2.01. The van der Waals surface area contributed by atoms with Gasteiger partial charge in [-0.15, -0.1) is 0 Å². The minimum Gasteiger partial charge on any atom is -0.772 e. The van der Waals surface area contributed by atoms with Gasteiger partial charge in [0.1, 0.15) is 5.75 Å². The first-order chi connectivity index (χ1) is 5.79. The first kappa shape index (κ1) is 9.22. The van der Waals surface area contributed by atoms with Crippen LogP contribution in [0.25, 0.3) is 0 Å². The number of rotatable bonds is 4. The van der Waals surface area contributed by atoms with Crippen LogP contribution >= 0.6 is 0 Å². The summed E-state index contributed by atoms with van der Waals surface area (Å²) in [5.74, 6) is 0.734. The summed E-state index contributed by atoms with van der Waals surface area (Å²) in [7, 11) is 0. The standard InChI is InChI=1S/C8H10O3S/c9-12(10)7-6-11-8-4-2-1-3-5-8/h1-5H,6-7H2,(H,9,10)/p-1. The molecule has 0 spiro atoms. The van der Waals surface area contributed by atoms with Gasteiger partial charge < -0.3 is 9.29 Å². The van der Waals surface area contributed by atoms with Gasteiger partial charge in [0.25, 0.3) is 0 Å². The monoisotopic (exact) mass is 185 g/mol. The van der Waals surface area contributed by atoms with Crippen LogP contribution in [0.15, 0.2) is 30.3 Å². The summed E-state index contributed by atoms with van der Waals surface area (Å²) in [6.45, 7) is 0.208. The lowest BCUT2D eigenvalue weighted by atomic mass is 10.3. The highest BCUT2D eigenvalue weighted by Crippen LogP contribution is 2.07. The summed E-state index contributed by atoms with van der Waals surface area (Å²) in [5.41, 5.74) is 0. The van der Waals surface area contributed by atoms with Crippen molar-refractivity contribution in [2.75, 3.05) is 12.4 Å². The van der Waals surface area contributed by atoms with Crippen molar-refractivity contribution >= 4 is 11.1 Å². The second kappa shape index (κ2) is 4.90. The van der Waals surface area contributed by atoms with Gasteiger partial charge in [-0.3, -0.25) is 4.21 Å². The molecule has 1 atom stereocenters. The molecule has 1 aromatic rings. The van der Waals surface area contributed by atoms with Gasteiger partial charge in [0, 0.05) is 5.75 Å². The van der Waals surface area contributed by atoms with Crippen LogP contribution in [0.1, 0.15) is 0 Å². The van der Waals surface area contributed by atoms with Crippen molar-refractivity contribution in [3.63, 3.8) is 0 Å². The normalized spacial score (nSPS) is 12.4. The van der Waals surface area contributed by atoms with Crippen molar-refractivity contribution in [3.05, 3.63) is 30.3 Å². The molecule has 1 aromatic carbocycles. The maximum absolute atomic E-state index is 10.1. The van der Waals surface area contributed by atoms with Crippen molar-refractivity contribution in [3.8, 4) is 5.75 Å². The summed E-state index contributed by atoms with van der Waals surface area (Å²) in [6.07, 6.45) is 0. The van der Waals surface area contributed by atoms with Crippen LogP contribution in [0.5, 0.6) is 5.75 Å². The molecule has 0 aliphatic heterocycles. The molecule has 0 fully saturated rings. The van der Waals surface area contributed by atoms with E-state index in [2.05, 4.69) is 0 Å². The van der Waals surface area contributed by atoms with E-state index in [0.29, 0.717) is 5.75 Å². The average molecular weight is 185 g/mol. The van der Waals surface area contributed by atoms with Crippen molar-refractivity contribution < 1.29 is 13.5 Å². The van der Waals surface area contributed by atoms with Gasteiger partial charge in [-0.1, -0.05) is 29.3 Å². The minimum absolute atomic E-state index is 0.0366. The van der Waals surface area contributed by atoms with E-state index in [0.717, 1.165) is 0 Å². The topological polar surface area (TPSA) is 49.4 Å². The van der Waals surface area contributed by atoms with E-state index in [9.17, 15) is 8.76 Å². The summed E-state index contributed by atoms with van der Waals surface area (Å²) in [4.78, 5) is 0. The molecular weight excluding hydrogens is 176 g/mol. The Morgan fingerprint density at radius 3 is 2.58 bits per heavy atom. The Labute approximate surface area is 73.7 Å². The van der Waals surface area contributed by atoms with Gasteiger partial charge in [0.05, 0.1) is 6.61 Å². The quantitative estimate of drug-likeness (QED) is 0.656. The van der Waals surface area contributed by atoms with Crippen LogP contribution in [0.4, 0.5) is 0 Å². The van der Waals surface area contributed by atoms with Crippen LogP contribution in [0.3, 0.4) is 0 Å². The Balaban J connectivity index is 2.29. The Morgan fingerprint density at radius 1 is 1.33 bits per heavy atom. The molecule has 0 aliphatic carbocycles. The molecule has 0 N–H and O–H groups in total. The Morgan fingerprint density at radius 2 is 2.00 bits per heavy atom. The van der Waals surface area contributed by atoms with Crippen LogP contribution < -0.4 is 4.74 Å². The highest BCUT2D eigenvalue weighted by atomic mass is 32.2. The highest BCUT2D eigenvalue weighted by molar-refractivity contribution is 7.79. The van der Waals surface area contributed by atoms with Crippen molar-refractivity contribution in [1.82, 2.24) is 0 Å². The van der Waals surface area contributed by atoms with Crippen LogP contribution in [-0.2, 0) is 11.1 Å². The van der Waals surface area contributed by atoms with Crippen LogP contribution in [-0.4, -0.2) is 21.1 Å². The zero-order valence-corrected chi connectivity index (χ0v) is 7.25. The van der Waals surface area contributed by atoms with E-state index in [1.54, 1.807) is 12.1 Å². The number of benzene rings is 1. The zero-order chi connectivity index (χ0) is 8.81. The maximum atomic E-state index is 10.1. The smallest absolute Gasteiger partial charge is 0.119 e. The molecular formula is C8H9O3S-. The molecule has 3 nitrogen and oxygen atoms in total. The third kappa shape index (κ3) is 3.50. The zero-order valence-electron chi connectivity index (χ0n) is 6.43. The molecule has 0 amide bonds. The summed E-state index contributed by atoms with van der Waals surface area (Å²) < 4.78 is 25.3. The van der Waals surface area contributed by atoms with Crippen molar-refractivity contribution in [2.45, 2.75) is 0 Å². The first-order valence-electron chi connectivity index (χ1n) is 3.53. The third-order valence-corrected chi connectivity index (χ3v) is 1.76. The second-order valence-corrected chi connectivity index (χ2v) is 3.19. The average Bonchev–Trinajstić information content (AvgIpc) is 2.05. The Kier molecular flexibility index (Phi) is 3.76. The van der Waals surface area contributed by atoms with E-state index < -0.39 is 11.1 Å². The van der Waals surface area contributed by atoms with E-state index in [-0.39, 0.29) is 12.4 Å². The van der Waals surface area contributed by atoms with Crippen LogP contribution in [0.2, 0.25) is 0 Å². The highest BCUT2D eigenvalue weighted by Gasteiger charge is 1.90. The number of hydrogen-bond donors (Lipinski definition) is 0. The molecule has 12 heavy (non-hydrogen) atoms. The van der Waals surface area contributed by atoms with E-state index in [1.165, 1.54) is 0 Å². The number of ether oxygens (including phenoxy) is 1. The van der Waals surface area contributed by atoms with Gasteiger partial charge in [0.2, 0.25) is 0 Å². The lowest BCUT2D eigenvalue weighted by Crippen LogP contribution is -2.07. The van der Waals surface area contributed by atoms with Gasteiger partial charge in [-0.25, -0.2) is 0 Å². The number of para-hydroxylation sites is 1. The molecule has 0 radical (unpaired) electrons. The van der Waals surface area contributed by atoms with E-state index >= 15 is 0 Å². The fourth-order valence-corrected chi connectivity index (χ4v) is 0.964. The SMILES string of the molecule is O=S([O-])CCOc1ccccc1. The molecule has 66 valence electrons. The summed E-state index contributed by atoms with van der Waals surface area (Å²) >= 11 is -2.01. The first-order valence-corrected chi connectivity index (χ1v) is 4.77. The Hall–Kier alpha value is -0.870. The van der Waals surface area contributed by atoms with Crippen molar-refractivity contribution in [2.24, 2.45) is 0 Å². The van der Waals surface area contributed by atoms with Gasteiger partial charge >= 0.3 is 0 Å². The molecule has 0 heterocycles. The fraction of sp³-hybridized carbons (Fsp3) is 0.250. The molecule has 4 heteroatoms. The maximum Gasteiger partial charge on any atom is 0.119 e. The molecule has 1 unspecified atom stereocenters. The van der Waals surface area contributed by atoms with Crippen LogP contribution in [0, 0.1) is 0 Å². The summed E-state index contributed by atoms with van der Waals surface area (Å²) in [5, 5.41) is 0. The molecule has 0 bridgehead atoms. The fourth-order valence-electron chi connectivity index (χ4n) is 0.744. The molecule has 0 aromatic heterocycles.